The van der Waals surface area contributed by atoms with Crippen LogP contribution < -0.4 is 5.32 Å². The molecule has 7 nitrogen and oxygen atoms in total. The van der Waals surface area contributed by atoms with Crippen molar-refractivity contribution in [2.75, 3.05) is 6.61 Å². The Hall–Kier alpha value is -2.41. The van der Waals surface area contributed by atoms with Gasteiger partial charge in [0, 0.05) is 23.0 Å². The van der Waals surface area contributed by atoms with Crippen LogP contribution >= 0.6 is 11.6 Å². The monoisotopic (exact) mass is 405 g/mol. The fourth-order valence-corrected chi connectivity index (χ4v) is 3.30. The third-order valence-electron chi connectivity index (χ3n) is 4.86. The van der Waals surface area contributed by atoms with Gasteiger partial charge in [-0.2, -0.15) is 4.98 Å². The lowest BCUT2D eigenvalue weighted by atomic mass is 9.87. The van der Waals surface area contributed by atoms with Crippen LogP contribution in [0.25, 0.3) is 11.4 Å². The normalized spacial score (nSPS) is 19.2. The summed E-state index contributed by atoms with van der Waals surface area (Å²) in [7, 11) is 0. The number of rotatable bonds is 7. The number of esters is 1. The first-order valence-corrected chi connectivity index (χ1v) is 9.91. The Labute approximate surface area is 168 Å². The maximum atomic E-state index is 11.9. The van der Waals surface area contributed by atoms with E-state index in [2.05, 4.69) is 22.4 Å². The zero-order chi connectivity index (χ0) is 19.9. The number of carbonyl (C=O) groups is 2. The maximum absolute atomic E-state index is 11.9. The molecule has 0 radical (unpaired) electrons. The SMILES string of the molecule is CC1CCC(NC(=O)COC(=O)CCc2nc(-c3ccc(Cl)cc3)no2)CC1. The summed E-state index contributed by atoms with van der Waals surface area (Å²) in [6, 6.07) is 7.24. The molecule has 1 aliphatic rings. The highest BCUT2D eigenvalue weighted by atomic mass is 35.5. The number of benzene rings is 1. The van der Waals surface area contributed by atoms with Crippen molar-refractivity contribution in [1.82, 2.24) is 15.5 Å². The predicted octanol–water partition coefficient (Wildman–Crippen LogP) is 3.56. The Balaban J connectivity index is 1.37. The molecule has 1 amide bonds. The Kier molecular flexibility index (Phi) is 7.03. The smallest absolute Gasteiger partial charge is 0.306 e. The highest BCUT2D eigenvalue weighted by Crippen LogP contribution is 2.23. The highest BCUT2D eigenvalue weighted by molar-refractivity contribution is 6.30. The Morgan fingerprint density at radius 3 is 2.64 bits per heavy atom. The topological polar surface area (TPSA) is 94.3 Å². The lowest BCUT2D eigenvalue weighted by molar-refractivity contribution is -0.148. The van der Waals surface area contributed by atoms with Gasteiger partial charge in [0.25, 0.3) is 5.91 Å². The first-order chi connectivity index (χ1) is 13.5. The van der Waals surface area contributed by atoms with E-state index >= 15 is 0 Å². The van der Waals surface area contributed by atoms with Crippen LogP contribution in [-0.4, -0.2) is 34.7 Å². The zero-order valence-corrected chi connectivity index (χ0v) is 16.6. The molecule has 1 aromatic carbocycles. The minimum Gasteiger partial charge on any atom is -0.456 e. The molecule has 2 aromatic rings. The molecule has 0 spiro atoms. The molecule has 1 fully saturated rings. The van der Waals surface area contributed by atoms with Crippen molar-refractivity contribution < 1.29 is 18.8 Å². The van der Waals surface area contributed by atoms with Crippen molar-refractivity contribution in [3.05, 3.63) is 35.2 Å². The van der Waals surface area contributed by atoms with E-state index in [0.29, 0.717) is 16.7 Å². The van der Waals surface area contributed by atoms with Crippen molar-refractivity contribution in [2.45, 2.75) is 51.5 Å². The first kappa shape index (κ1) is 20.3. The molecule has 3 rings (SSSR count). The number of nitrogens with zero attached hydrogens (tertiary/aromatic N) is 2. The largest absolute Gasteiger partial charge is 0.456 e. The van der Waals surface area contributed by atoms with Crippen molar-refractivity contribution in [2.24, 2.45) is 5.92 Å². The molecule has 1 aliphatic carbocycles. The first-order valence-electron chi connectivity index (χ1n) is 9.53. The second-order valence-corrected chi connectivity index (χ2v) is 7.64. The summed E-state index contributed by atoms with van der Waals surface area (Å²) in [5, 5.41) is 7.44. The van der Waals surface area contributed by atoms with Gasteiger partial charge in [-0.3, -0.25) is 9.59 Å². The fraction of sp³-hybridized carbons (Fsp3) is 0.500. The molecule has 150 valence electrons. The van der Waals surface area contributed by atoms with E-state index in [0.717, 1.165) is 37.2 Å². The molecule has 1 saturated carbocycles. The molecule has 0 unspecified atom stereocenters. The molecular weight excluding hydrogens is 382 g/mol. The third kappa shape index (κ3) is 6.05. The highest BCUT2D eigenvalue weighted by Gasteiger charge is 2.20. The Morgan fingerprint density at radius 1 is 1.21 bits per heavy atom. The molecule has 0 saturated heterocycles. The van der Waals surface area contributed by atoms with E-state index in [1.54, 1.807) is 24.3 Å². The molecule has 1 aromatic heterocycles. The number of carbonyl (C=O) groups excluding carboxylic acids is 2. The molecule has 1 N–H and O–H groups in total. The van der Waals surface area contributed by atoms with Crippen LogP contribution in [0, 0.1) is 5.92 Å². The lowest BCUT2D eigenvalue weighted by Crippen LogP contribution is -2.39. The summed E-state index contributed by atoms with van der Waals surface area (Å²) in [5.74, 6) is 0.758. The average Bonchev–Trinajstić information content (AvgIpc) is 3.16. The van der Waals surface area contributed by atoms with Crippen molar-refractivity contribution in [3.8, 4) is 11.4 Å². The summed E-state index contributed by atoms with van der Waals surface area (Å²) in [5.41, 5.74) is 0.774. The molecule has 8 heteroatoms. The Morgan fingerprint density at radius 2 is 1.93 bits per heavy atom. The van der Waals surface area contributed by atoms with Crippen LogP contribution in [0.4, 0.5) is 0 Å². The summed E-state index contributed by atoms with van der Waals surface area (Å²) >= 11 is 5.86. The summed E-state index contributed by atoms with van der Waals surface area (Å²) < 4.78 is 10.2. The van der Waals surface area contributed by atoms with Crippen molar-refractivity contribution >= 4 is 23.5 Å². The van der Waals surface area contributed by atoms with Crippen LogP contribution in [0.1, 0.15) is 44.9 Å². The molecule has 0 aliphatic heterocycles. The second-order valence-electron chi connectivity index (χ2n) is 7.20. The number of hydrogen-bond acceptors (Lipinski definition) is 6. The summed E-state index contributed by atoms with van der Waals surface area (Å²) in [6.07, 6.45) is 4.51. The number of aryl methyl sites for hydroxylation is 1. The lowest BCUT2D eigenvalue weighted by Gasteiger charge is -2.26. The molecular formula is C20H24ClN3O4. The molecule has 0 atom stereocenters. The van der Waals surface area contributed by atoms with Gasteiger partial charge in [-0.05, 0) is 55.9 Å². The van der Waals surface area contributed by atoms with Crippen LogP contribution in [0.15, 0.2) is 28.8 Å². The minimum absolute atomic E-state index is 0.0659. The van der Waals surface area contributed by atoms with Gasteiger partial charge >= 0.3 is 5.97 Å². The number of hydrogen-bond donors (Lipinski definition) is 1. The van der Waals surface area contributed by atoms with Crippen LogP contribution in [0.3, 0.4) is 0 Å². The number of nitrogens with one attached hydrogen (secondary N) is 1. The predicted molar refractivity (Wildman–Crippen MR) is 104 cm³/mol. The maximum Gasteiger partial charge on any atom is 0.306 e. The Bertz CT molecular complexity index is 798. The van der Waals surface area contributed by atoms with E-state index in [1.807, 2.05) is 0 Å². The zero-order valence-electron chi connectivity index (χ0n) is 15.8. The molecule has 1 heterocycles. The van der Waals surface area contributed by atoms with E-state index in [4.69, 9.17) is 20.9 Å². The van der Waals surface area contributed by atoms with Gasteiger partial charge in [0.2, 0.25) is 11.7 Å². The van der Waals surface area contributed by atoms with E-state index in [9.17, 15) is 9.59 Å². The van der Waals surface area contributed by atoms with Crippen molar-refractivity contribution in [1.29, 1.82) is 0 Å². The van der Waals surface area contributed by atoms with E-state index < -0.39 is 5.97 Å². The number of amides is 1. The van der Waals surface area contributed by atoms with Crippen LogP contribution in [-0.2, 0) is 20.7 Å². The van der Waals surface area contributed by atoms with Crippen LogP contribution in [0.5, 0.6) is 0 Å². The summed E-state index contributed by atoms with van der Waals surface area (Å²) in [6.45, 7) is 1.96. The van der Waals surface area contributed by atoms with E-state index in [1.165, 1.54) is 0 Å². The van der Waals surface area contributed by atoms with Gasteiger partial charge in [0.05, 0.1) is 6.42 Å². The van der Waals surface area contributed by atoms with E-state index in [-0.39, 0.29) is 31.4 Å². The fourth-order valence-electron chi connectivity index (χ4n) is 3.17. The van der Waals surface area contributed by atoms with Gasteiger partial charge in [-0.1, -0.05) is 23.7 Å². The van der Waals surface area contributed by atoms with Gasteiger partial charge in [-0.15, -0.1) is 0 Å². The van der Waals surface area contributed by atoms with Crippen molar-refractivity contribution in [3.63, 3.8) is 0 Å². The molecule has 0 bridgehead atoms. The van der Waals surface area contributed by atoms with Gasteiger partial charge in [-0.25, -0.2) is 0 Å². The second kappa shape index (κ2) is 9.68. The van der Waals surface area contributed by atoms with Crippen LogP contribution in [0.2, 0.25) is 5.02 Å². The van der Waals surface area contributed by atoms with Gasteiger partial charge < -0.3 is 14.6 Å². The third-order valence-corrected chi connectivity index (χ3v) is 5.11. The summed E-state index contributed by atoms with van der Waals surface area (Å²) in [4.78, 5) is 28.0. The van der Waals surface area contributed by atoms with Gasteiger partial charge in [0.15, 0.2) is 6.61 Å². The van der Waals surface area contributed by atoms with Gasteiger partial charge in [0.1, 0.15) is 0 Å². The number of halogens is 1. The number of ether oxygens (including phenoxy) is 1. The molecule has 28 heavy (non-hydrogen) atoms. The number of aromatic nitrogens is 2. The minimum atomic E-state index is -0.473. The average molecular weight is 406 g/mol. The standard InChI is InChI=1S/C20H24ClN3O4/c1-13-2-8-16(9-3-13)22-17(25)12-27-19(26)11-10-18-23-20(24-28-18)14-4-6-15(21)7-5-14/h4-7,13,16H,2-3,8-12H2,1H3,(H,22,25). The quantitative estimate of drug-likeness (QED) is 0.708.